The molecule has 49 heavy (non-hydrogen) atoms. The number of benzene rings is 3. The molecule has 2 saturated carbocycles. The van der Waals surface area contributed by atoms with E-state index >= 15 is 0 Å². The van der Waals surface area contributed by atoms with E-state index in [-0.39, 0.29) is 57.2 Å². The first kappa shape index (κ1) is 34.4. The molecule has 2 aliphatic carbocycles. The summed E-state index contributed by atoms with van der Waals surface area (Å²) < 4.78 is 69.0. The number of hydrogen-bond acceptors (Lipinski definition) is 8. The van der Waals surface area contributed by atoms with Crippen LogP contribution in [0.2, 0.25) is 10.0 Å². The smallest absolute Gasteiger partial charge is 0.349 e. The van der Waals surface area contributed by atoms with Crippen molar-refractivity contribution in [3.8, 4) is 28.7 Å². The molecule has 0 spiro atoms. The number of carbonyl (C=O) groups is 1. The summed E-state index contributed by atoms with van der Waals surface area (Å²) >= 11 is 10.2. The first-order chi connectivity index (χ1) is 23.4. The van der Waals surface area contributed by atoms with Gasteiger partial charge in [0.05, 0.1) is 28.5 Å². The van der Waals surface area contributed by atoms with Crippen molar-refractivity contribution < 1.29 is 36.5 Å². The molecule has 1 unspecified atom stereocenters. The van der Waals surface area contributed by atoms with Gasteiger partial charge in [0, 0.05) is 12.1 Å². The Morgan fingerprint density at radius 1 is 1.12 bits per heavy atom. The minimum absolute atomic E-state index is 0.0100. The maximum absolute atomic E-state index is 13.4. The van der Waals surface area contributed by atoms with E-state index in [0.717, 1.165) is 34.8 Å². The number of H-pyrrole nitrogens is 1. The van der Waals surface area contributed by atoms with Crippen LogP contribution in [0.3, 0.4) is 0 Å². The number of amides is 1. The molecule has 1 atom stereocenters. The van der Waals surface area contributed by atoms with Gasteiger partial charge in [0.2, 0.25) is 5.91 Å². The normalized spacial score (nSPS) is 15.4. The summed E-state index contributed by atoms with van der Waals surface area (Å²) in [5.41, 5.74) is -4.25. The van der Waals surface area contributed by atoms with Gasteiger partial charge in [-0.25, -0.2) is 22.1 Å². The van der Waals surface area contributed by atoms with Crippen molar-refractivity contribution in [1.29, 1.82) is 0 Å². The predicted molar refractivity (Wildman–Crippen MR) is 176 cm³/mol. The highest BCUT2D eigenvalue weighted by Gasteiger charge is 2.58. The Kier molecular flexibility index (Phi) is 9.66. The highest BCUT2D eigenvalue weighted by molar-refractivity contribution is 7.80. The fourth-order valence-corrected chi connectivity index (χ4v) is 6.42. The number of anilines is 1. The van der Waals surface area contributed by atoms with E-state index in [2.05, 4.69) is 10.4 Å². The number of rotatable bonds is 13. The molecule has 0 radical (unpaired) electrons. The van der Waals surface area contributed by atoms with Gasteiger partial charge in [-0.1, -0.05) is 35.3 Å². The van der Waals surface area contributed by atoms with Gasteiger partial charge in [-0.15, -0.1) is 0 Å². The summed E-state index contributed by atoms with van der Waals surface area (Å²) in [6.45, 7) is 0.0644. The number of alkyl halides is 2. The van der Waals surface area contributed by atoms with Crippen molar-refractivity contribution in [2.75, 3.05) is 11.4 Å². The second kappa shape index (κ2) is 13.8. The summed E-state index contributed by atoms with van der Waals surface area (Å²) in [5.74, 6) is 0.377. The maximum atomic E-state index is 13.4. The molecule has 0 aliphatic heterocycles. The third kappa shape index (κ3) is 7.27. The predicted octanol–water partition coefficient (Wildman–Crippen LogP) is 5.30. The van der Waals surface area contributed by atoms with Gasteiger partial charge < -0.3 is 19.5 Å². The minimum atomic E-state index is -3.26. The highest BCUT2D eigenvalue weighted by atomic mass is 35.5. The van der Waals surface area contributed by atoms with Gasteiger partial charge in [0.1, 0.15) is 29.4 Å². The Morgan fingerprint density at radius 3 is 2.35 bits per heavy atom. The van der Waals surface area contributed by atoms with Crippen molar-refractivity contribution in [3.63, 3.8) is 0 Å². The number of hydrogen-bond donors (Lipinski definition) is 3. The second-order valence-electron chi connectivity index (χ2n) is 11.3. The van der Waals surface area contributed by atoms with E-state index in [1.165, 1.54) is 18.2 Å². The van der Waals surface area contributed by atoms with Crippen LogP contribution in [-0.2, 0) is 22.7 Å². The van der Waals surface area contributed by atoms with E-state index in [4.69, 9.17) is 37.4 Å². The van der Waals surface area contributed by atoms with Gasteiger partial charge in [-0.05, 0) is 67.6 Å². The largest absolute Gasteiger partial charge is 0.497 e. The molecule has 1 heterocycles. The lowest BCUT2D eigenvalue weighted by atomic mass is 10.2. The molecule has 3 N–H and O–H groups in total. The molecular weight excluding hydrogens is 711 g/mol. The van der Waals surface area contributed by atoms with E-state index in [0.29, 0.717) is 23.3 Å². The van der Waals surface area contributed by atoms with Crippen LogP contribution in [0, 0.1) is 0 Å². The Hall–Kier alpha value is -4.51. The number of carbonyl (C=O) groups excluding carboxylic acids is 1. The first-order valence-corrected chi connectivity index (χ1v) is 16.5. The van der Waals surface area contributed by atoms with Crippen LogP contribution in [0.4, 0.5) is 14.5 Å². The fourth-order valence-electron chi connectivity index (χ4n) is 4.99. The van der Waals surface area contributed by atoms with E-state index < -0.39 is 40.2 Å². The molecule has 4 aromatic rings. The van der Waals surface area contributed by atoms with Crippen molar-refractivity contribution in [2.24, 2.45) is 0 Å². The molecule has 2 aliphatic rings. The van der Waals surface area contributed by atoms with Crippen molar-refractivity contribution >= 4 is 46.1 Å². The number of aromatic amines is 1. The summed E-state index contributed by atoms with van der Waals surface area (Å²) in [6, 6.07) is 13.8. The monoisotopic (exact) mass is 737 g/mol. The number of methoxy groups -OCH3 is 1. The lowest BCUT2D eigenvalue weighted by Gasteiger charge is -2.30. The summed E-state index contributed by atoms with van der Waals surface area (Å²) in [6.07, 6.45) is -0.991. The lowest BCUT2D eigenvalue weighted by Crippen LogP contribution is -2.50. The number of ether oxygens (including phenoxy) is 3. The molecule has 1 amide bonds. The SMILES string of the molecule is COc1ccc(COc2ccc(Oc3c(Cl)cc(-n4nc(C(F)F)c(=O)[nH]c4=O)cc3Cl)cc2N(S(=O)O)C2(C(=O)NC3CC3)CC2)cc1. The molecule has 0 bridgehead atoms. The third-order valence-electron chi connectivity index (χ3n) is 7.81. The van der Waals surface area contributed by atoms with Crippen LogP contribution in [-0.4, -0.2) is 48.1 Å². The summed E-state index contributed by atoms with van der Waals surface area (Å²) in [5, 5.41) is 6.02. The summed E-state index contributed by atoms with van der Waals surface area (Å²) in [4.78, 5) is 39.2. The molecule has 3 aromatic carbocycles. The van der Waals surface area contributed by atoms with Gasteiger partial charge >= 0.3 is 5.69 Å². The topological polar surface area (TPSA) is 165 Å². The number of halogens is 4. The Balaban J connectivity index is 1.35. The quantitative estimate of drug-likeness (QED) is 0.155. The molecule has 6 rings (SSSR count). The number of aromatic nitrogens is 3. The van der Waals surface area contributed by atoms with Crippen LogP contribution >= 0.6 is 23.2 Å². The van der Waals surface area contributed by atoms with E-state index in [1.807, 2.05) is 0 Å². The molecule has 1 aromatic heterocycles. The standard InChI is InChI=1S/C31H27Cl2F2N5O8S/c1-46-19-6-2-16(3-7-19)15-47-24-9-8-20(14-23(24)40(49(44)45)31(10-11-31)29(42)36-17-4-5-17)48-26-21(32)12-18(13-22(26)33)39-30(43)37-28(41)25(38-39)27(34)35/h2-3,6-9,12-14,17,27H,4-5,10-11,15H2,1H3,(H,36,42)(H,44,45)(H,37,41,43). The van der Waals surface area contributed by atoms with Crippen LogP contribution in [0.5, 0.6) is 23.0 Å². The van der Waals surface area contributed by atoms with Crippen LogP contribution in [0.25, 0.3) is 5.69 Å². The zero-order valence-corrected chi connectivity index (χ0v) is 27.8. The molecule has 2 fully saturated rings. The molecule has 13 nitrogen and oxygen atoms in total. The fraction of sp³-hybridized carbons (Fsp3) is 0.290. The zero-order chi connectivity index (χ0) is 35.0. The zero-order valence-electron chi connectivity index (χ0n) is 25.5. The van der Waals surface area contributed by atoms with Crippen LogP contribution in [0.1, 0.15) is 43.4 Å². The Labute approximate surface area is 289 Å². The van der Waals surface area contributed by atoms with E-state index in [1.54, 1.807) is 36.4 Å². The van der Waals surface area contributed by atoms with Crippen molar-refractivity contribution in [1.82, 2.24) is 20.1 Å². The molecule has 0 saturated heterocycles. The van der Waals surface area contributed by atoms with Gasteiger partial charge in [-0.2, -0.15) is 9.78 Å². The molecular formula is C31H27Cl2F2N5O8S. The highest BCUT2D eigenvalue weighted by Crippen LogP contribution is 2.50. The van der Waals surface area contributed by atoms with Crippen molar-refractivity contribution in [3.05, 3.63) is 96.7 Å². The van der Waals surface area contributed by atoms with E-state index in [9.17, 15) is 31.9 Å². The third-order valence-corrected chi connectivity index (χ3v) is 9.23. The molecule has 18 heteroatoms. The van der Waals surface area contributed by atoms with Gasteiger partial charge in [0.15, 0.2) is 11.4 Å². The van der Waals surface area contributed by atoms with Gasteiger partial charge in [-0.3, -0.25) is 19.1 Å². The van der Waals surface area contributed by atoms with Crippen molar-refractivity contribution in [2.45, 2.75) is 50.3 Å². The average Bonchev–Trinajstić information content (AvgIpc) is 4.00. The summed E-state index contributed by atoms with van der Waals surface area (Å²) in [7, 11) is 1.54. The Morgan fingerprint density at radius 2 is 1.78 bits per heavy atom. The van der Waals surface area contributed by atoms with Crippen LogP contribution in [0.15, 0.2) is 64.2 Å². The average molecular weight is 739 g/mol. The van der Waals surface area contributed by atoms with Gasteiger partial charge in [0.25, 0.3) is 23.3 Å². The number of nitrogens with one attached hydrogen (secondary N) is 2. The number of nitrogens with zero attached hydrogens (tertiary/aromatic N) is 3. The second-order valence-corrected chi connectivity index (χ2v) is 12.9. The minimum Gasteiger partial charge on any atom is -0.497 e. The first-order valence-electron chi connectivity index (χ1n) is 14.7. The molecule has 258 valence electrons. The lowest BCUT2D eigenvalue weighted by molar-refractivity contribution is -0.123. The Bertz CT molecular complexity index is 2030. The maximum Gasteiger partial charge on any atom is 0.349 e. The van der Waals surface area contributed by atoms with Crippen LogP contribution < -0.4 is 35.1 Å².